The molecule has 0 aliphatic heterocycles. The highest BCUT2D eigenvalue weighted by Crippen LogP contribution is 2.25. The summed E-state index contributed by atoms with van der Waals surface area (Å²) in [5, 5.41) is 0. The van der Waals surface area contributed by atoms with Crippen LogP contribution < -0.4 is 16.0 Å². The van der Waals surface area contributed by atoms with Crippen LogP contribution in [0.2, 0.25) is 0 Å². The molecule has 1 heterocycles. The van der Waals surface area contributed by atoms with Gasteiger partial charge in [0.1, 0.15) is 5.69 Å². The second-order valence-corrected chi connectivity index (χ2v) is 3.50. The molecule has 6 heteroatoms. The fourth-order valence-electron chi connectivity index (χ4n) is 1.73. The van der Waals surface area contributed by atoms with Gasteiger partial charge in [-0.15, -0.1) is 0 Å². The smallest absolute Gasteiger partial charge is 0.237 e. The van der Waals surface area contributed by atoms with Gasteiger partial charge in [-0.05, 0) is 13.3 Å². The number of hydrazine groups is 1. The number of nitrogens with zero attached hydrogens (tertiary/aromatic N) is 2. The first-order chi connectivity index (χ1) is 8.28. The largest absolute Gasteiger partial charge is 0.480 e. The van der Waals surface area contributed by atoms with Gasteiger partial charge in [0.2, 0.25) is 5.88 Å². The molecule has 0 spiro atoms. The molecule has 3 N–H and O–H groups in total. The third kappa shape index (κ3) is 3.36. The van der Waals surface area contributed by atoms with E-state index in [9.17, 15) is 0 Å². The molecule has 0 amide bonds. The molecule has 6 nitrogen and oxygen atoms in total. The van der Waals surface area contributed by atoms with Crippen LogP contribution in [-0.2, 0) is 4.74 Å². The lowest BCUT2D eigenvalue weighted by atomic mass is 10.1. The van der Waals surface area contributed by atoms with Crippen LogP contribution in [0.5, 0.6) is 5.88 Å². The minimum Gasteiger partial charge on any atom is -0.480 e. The number of hydrogen-bond acceptors (Lipinski definition) is 6. The molecule has 0 radical (unpaired) electrons. The lowest BCUT2D eigenvalue weighted by molar-refractivity contribution is 0.0295. The molecule has 0 saturated carbocycles. The van der Waals surface area contributed by atoms with E-state index >= 15 is 0 Å². The van der Waals surface area contributed by atoms with Crippen molar-refractivity contribution in [3.05, 3.63) is 18.1 Å². The molecule has 2 unspecified atom stereocenters. The van der Waals surface area contributed by atoms with Gasteiger partial charge in [0, 0.05) is 19.0 Å². The SMILES string of the molecule is CCOC(CC)C(NN)c1nccnc1OC. The molecule has 0 saturated heterocycles. The first kappa shape index (κ1) is 13.8. The molecule has 0 bridgehead atoms. The van der Waals surface area contributed by atoms with E-state index in [4.69, 9.17) is 15.3 Å². The highest BCUT2D eigenvalue weighted by atomic mass is 16.5. The third-order valence-electron chi connectivity index (χ3n) is 2.51. The van der Waals surface area contributed by atoms with Gasteiger partial charge in [-0.3, -0.25) is 10.8 Å². The summed E-state index contributed by atoms with van der Waals surface area (Å²) >= 11 is 0. The van der Waals surface area contributed by atoms with E-state index in [1.54, 1.807) is 19.5 Å². The van der Waals surface area contributed by atoms with Crippen molar-refractivity contribution >= 4 is 0 Å². The van der Waals surface area contributed by atoms with Crippen molar-refractivity contribution in [1.29, 1.82) is 0 Å². The van der Waals surface area contributed by atoms with E-state index < -0.39 is 0 Å². The topological polar surface area (TPSA) is 82.3 Å². The summed E-state index contributed by atoms with van der Waals surface area (Å²) in [4.78, 5) is 8.37. The van der Waals surface area contributed by atoms with Crippen molar-refractivity contribution in [3.8, 4) is 5.88 Å². The molecule has 1 aromatic heterocycles. The summed E-state index contributed by atoms with van der Waals surface area (Å²) < 4.78 is 10.8. The zero-order chi connectivity index (χ0) is 12.7. The van der Waals surface area contributed by atoms with Crippen molar-refractivity contribution < 1.29 is 9.47 Å². The number of ether oxygens (including phenoxy) is 2. The minimum absolute atomic E-state index is 0.0596. The average Bonchev–Trinajstić information content (AvgIpc) is 2.39. The second-order valence-electron chi connectivity index (χ2n) is 3.50. The van der Waals surface area contributed by atoms with Gasteiger partial charge in [0.05, 0.1) is 19.3 Å². The highest BCUT2D eigenvalue weighted by molar-refractivity contribution is 5.22. The van der Waals surface area contributed by atoms with Gasteiger partial charge in [-0.2, -0.15) is 0 Å². The van der Waals surface area contributed by atoms with Crippen LogP contribution in [0, 0.1) is 0 Å². The number of rotatable bonds is 7. The number of nitrogens with two attached hydrogens (primary N) is 1. The summed E-state index contributed by atoms with van der Waals surface area (Å²) in [6.45, 7) is 4.61. The maximum Gasteiger partial charge on any atom is 0.237 e. The van der Waals surface area contributed by atoms with E-state index in [1.165, 1.54) is 0 Å². The summed E-state index contributed by atoms with van der Waals surface area (Å²) in [5.41, 5.74) is 3.39. The zero-order valence-electron chi connectivity index (χ0n) is 10.5. The van der Waals surface area contributed by atoms with Gasteiger partial charge < -0.3 is 9.47 Å². The summed E-state index contributed by atoms with van der Waals surface area (Å²) in [5.74, 6) is 6.05. The first-order valence-electron chi connectivity index (χ1n) is 5.71. The van der Waals surface area contributed by atoms with Crippen molar-refractivity contribution in [1.82, 2.24) is 15.4 Å². The number of methoxy groups -OCH3 is 1. The molecule has 1 aromatic rings. The van der Waals surface area contributed by atoms with Gasteiger partial charge in [0.25, 0.3) is 0 Å². The second kappa shape index (κ2) is 7.16. The first-order valence-corrected chi connectivity index (χ1v) is 5.71. The number of hydrogen-bond donors (Lipinski definition) is 2. The van der Waals surface area contributed by atoms with Crippen LogP contribution >= 0.6 is 0 Å². The molecule has 0 fully saturated rings. The Kier molecular flexibility index (Phi) is 5.82. The van der Waals surface area contributed by atoms with Crippen molar-refractivity contribution in [2.75, 3.05) is 13.7 Å². The maximum atomic E-state index is 5.63. The molecule has 0 aromatic carbocycles. The standard InChI is InChI=1S/C11H20N4O2/c1-4-8(17-5-2)9(15-12)10-11(16-3)14-7-6-13-10/h6-9,15H,4-5,12H2,1-3H3. The zero-order valence-corrected chi connectivity index (χ0v) is 10.5. The fraction of sp³-hybridized carbons (Fsp3) is 0.636. The minimum atomic E-state index is -0.233. The average molecular weight is 240 g/mol. The Bertz CT molecular complexity index is 335. The van der Waals surface area contributed by atoms with E-state index in [0.29, 0.717) is 18.2 Å². The normalized spacial score (nSPS) is 14.4. The maximum absolute atomic E-state index is 5.63. The summed E-state index contributed by atoms with van der Waals surface area (Å²) in [6, 6.07) is -0.233. The van der Waals surface area contributed by atoms with Crippen LogP contribution in [0.3, 0.4) is 0 Å². The quantitative estimate of drug-likeness (QED) is 0.542. The Morgan fingerprint density at radius 1 is 1.35 bits per heavy atom. The Labute approximate surface area is 102 Å². The molecule has 2 atom stereocenters. The van der Waals surface area contributed by atoms with Crippen LogP contribution in [0.1, 0.15) is 32.0 Å². The predicted molar refractivity (Wildman–Crippen MR) is 64.4 cm³/mol. The summed E-state index contributed by atoms with van der Waals surface area (Å²) in [7, 11) is 1.56. The Morgan fingerprint density at radius 2 is 2.06 bits per heavy atom. The van der Waals surface area contributed by atoms with Crippen LogP contribution in [0.25, 0.3) is 0 Å². The highest BCUT2D eigenvalue weighted by Gasteiger charge is 2.26. The van der Waals surface area contributed by atoms with Gasteiger partial charge in [-0.1, -0.05) is 6.92 Å². The molecule has 0 aliphatic rings. The van der Waals surface area contributed by atoms with Crippen LogP contribution in [0.4, 0.5) is 0 Å². The molecule has 0 aliphatic carbocycles. The lowest BCUT2D eigenvalue weighted by Gasteiger charge is -2.25. The number of aromatic nitrogens is 2. The van der Waals surface area contributed by atoms with Gasteiger partial charge in [-0.25, -0.2) is 10.4 Å². The Balaban J connectivity index is 2.98. The monoisotopic (exact) mass is 240 g/mol. The Hall–Kier alpha value is -1.24. The molecular weight excluding hydrogens is 220 g/mol. The lowest BCUT2D eigenvalue weighted by Crippen LogP contribution is -2.38. The fourth-order valence-corrected chi connectivity index (χ4v) is 1.73. The predicted octanol–water partition coefficient (Wildman–Crippen LogP) is 0.805. The third-order valence-corrected chi connectivity index (χ3v) is 2.51. The molecule has 1 rings (SSSR count). The van der Waals surface area contributed by atoms with E-state index in [2.05, 4.69) is 15.4 Å². The van der Waals surface area contributed by atoms with Crippen molar-refractivity contribution in [3.63, 3.8) is 0 Å². The van der Waals surface area contributed by atoms with Crippen LogP contribution in [-0.4, -0.2) is 29.8 Å². The van der Waals surface area contributed by atoms with E-state index in [0.717, 1.165) is 6.42 Å². The summed E-state index contributed by atoms with van der Waals surface area (Å²) in [6.07, 6.45) is 3.96. The molecule has 17 heavy (non-hydrogen) atoms. The van der Waals surface area contributed by atoms with Crippen LogP contribution in [0.15, 0.2) is 12.4 Å². The Morgan fingerprint density at radius 3 is 2.59 bits per heavy atom. The van der Waals surface area contributed by atoms with Crippen molar-refractivity contribution in [2.24, 2.45) is 5.84 Å². The van der Waals surface area contributed by atoms with E-state index in [-0.39, 0.29) is 12.1 Å². The molecule has 96 valence electrons. The van der Waals surface area contributed by atoms with Gasteiger partial charge in [0.15, 0.2) is 0 Å². The molecular formula is C11H20N4O2. The number of nitrogens with one attached hydrogen (secondary N) is 1. The van der Waals surface area contributed by atoms with Crippen molar-refractivity contribution in [2.45, 2.75) is 32.4 Å². The van der Waals surface area contributed by atoms with E-state index in [1.807, 2.05) is 13.8 Å². The van der Waals surface area contributed by atoms with Gasteiger partial charge >= 0.3 is 0 Å².